The molecule has 206 valence electrons. The molecule has 2 aromatic heterocycles. The van der Waals surface area contributed by atoms with Crippen LogP contribution in [0.4, 0.5) is 5.69 Å². The van der Waals surface area contributed by atoms with Crippen LogP contribution in [-0.2, 0) is 4.74 Å². The highest BCUT2D eigenvalue weighted by Crippen LogP contribution is 2.45. The van der Waals surface area contributed by atoms with Crippen LogP contribution in [0, 0.1) is 13.8 Å². The van der Waals surface area contributed by atoms with E-state index in [1.165, 1.54) is 0 Å². The smallest absolute Gasteiger partial charge is 0.335 e. The Kier molecular flexibility index (Phi) is 8.07. The maximum atomic E-state index is 11.4. The molecule has 0 amide bonds. The van der Waals surface area contributed by atoms with Crippen molar-refractivity contribution >= 4 is 40.6 Å². The standard InChI is InChI=1S/C30H29ClN4O4S/c1-18-16-23(19(2)34(18)21-9-7-20(8-10-21)29(36)37)28-27(25-6-4-5-13-32-25)33-30(40)35(28)22-11-12-26(24(31)17-22)39-15-14-38-3/h4-13,16-17,27-28H,14-15H2,1-3H3,(H,33,40)(H,36,37)/t27-,28-/m1/s1. The van der Waals surface area contributed by atoms with E-state index in [2.05, 4.69) is 32.8 Å². The van der Waals surface area contributed by atoms with E-state index in [1.54, 1.807) is 25.4 Å². The zero-order valence-electron chi connectivity index (χ0n) is 22.3. The van der Waals surface area contributed by atoms with Crippen molar-refractivity contribution in [2.24, 2.45) is 0 Å². The number of benzene rings is 2. The van der Waals surface area contributed by atoms with E-state index in [0.29, 0.717) is 29.1 Å². The van der Waals surface area contributed by atoms with Gasteiger partial charge in [0, 0.05) is 36.1 Å². The lowest BCUT2D eigenvalue weighted by atomic mass is 9.96. The number of methoxy groups -OCH3 is 1. The fourth-order valence-corrected chi connectivity index (χ4v) is 5.75. The van der Waals surface area contributed by atoms with Gasteiger partial charge in [-0.3, -0.25) is 4.98 Å². The molecule has 10 heteroatoms. The van der Waals surface area contributed by atoms with Crippen molar-refractivity contribution in [1.29, 1.82) is 0 Å². The number of carbonyl (C=O) groups is 1. The van der Waals surface area contributed by atoms with Gasteiger partial charge in [0.05, 0.1) is 35.0 Å². The summed E-state index contributed by atoms with van der Waals surface area (Å²) in [6, 6.07) is 20.0. The minimum Gasteiger partial charge on any atom is -0.490 e. The summed E-state index contributed by atoms with van der Waals surface area (Å²) in [6.07, 6.45) is 1.77. The molecule has 2 aromatic carbocycles. The molecular formula is C30H29ClN4O4S. The van der Waals surface area contributed by atoms with Crippen LogP contribution in [0.2, 0.25) is 5.02 Å². The number of carboxylic acid groups (broad SMARTS) is 1. The molecule has 0 bridgehead atoms. The molecule has 1 aliphatic rings. The Morgan fingerprint density at radius 3 is 2.48 bits per heavy atom. The molecular weight excluding hydrogens is 548 g/mol. The van der Waals surface area contributed by atoms with Crippen LogP contribution in [0.5, 0.6) is 5.75 Å². The van der Waals surface area contributed by atoms with Gasteiger partial charge in [-0.1, -0.05) is 17.7 Å². The first-order chi connectivity index (χ1) is 19.3. The summed E-state index contributed by atoms with van der Waals surface area (Å²) in [5.74, 6) is -0.386. The number of rotatable bonds is 9. The molecule has 0 radical (unpaired) electrons. The average molecular weight is 577 g/mol. The summed E-state index contributed by atoms with van der Waals surface area (Å²) in [6.45, 7) is 4.94. The van der Waals surface area contributed by atoms with Crippen molar-refractivity contribution in [2.45, 2.75) is 25.9 Å². The number of hydrogen-bond acceptors (Lipinski definition) is 5. The molecule has 1 aliphatic heterocycles. The molecule has 40 heavy (non-hydrogen) atoms. The number of carboxylic acids is 1. The molecule has 3 heterocycles. The fourth-order valence-electron chi connectivity index (χ4n) is 5.18. The summed E-state index contributed by atoms with van der Waals surface area (Å²) < 4.78 is 13.0. The Hall–Kier alpha value is -3.92. The molecule has 1 saturated heterocycles. The first-order valence-electron chi connectivity index (χ1n) is 12.7. The van der Waals surface area contributed by atoms with Gasteiger partial charge >= 0.3 is 5.97 Å². The van der Waals surface area contributed by atoms with E-state index >= 15 is 0 Å². The quantitative estimate of drug-likeness (QED) is 0.184. The molecule has 8 nitrogen and oxygen atoms in total. The van der Waals surface area contributed by atoms with E-state index in [9.17, 15) is 9.90 Å². The van der Waals surface area contributed by atoms with Crippen molar-refractivity contribution < 1.29 is 19.4 Å². The van der Waals surface area contributed by atoms with Crippen LogP contribution in [0.15, 0.2) is 72.9 Å². The Balaban J connectivity index is 1.59. The molecule has 1 fully saturated rings. The number of halogens is 1. The molecule has 0 spiro atoms. The summed E-state index contributed by atoms with van der Waals surface area (Å²) in [5, 5.41) is 13.9. The van der Waals surface area contributed by atoms with Gasteiger partial charge in [0.15, 0.2) is 5.11 Å². The number of aromatic carboxylic acids is 1. The van der Waals surface area contributed by atoms with Gasteiger partial charge in [-0.25, -0.2) is 4.79 Å². The minimum absolute atomic E-state index is 0.228. The number of anilines is 1. The largest absolute Gasteiger partial charge is 0.490 e. The van der Waals surface area contributed by atoms with Crippen molar-refractivity contribution in [3.63, 3.8) is 0 Å². The fraction of sp³-hybridized carbons (Fsp3) is 0.233. The highest BCUT2D eigenvalue weighted by Gasteiger charge is 2.42. The third-order valence-corrected chi connectivity index (χ3v) is 7.61. The first-order valence-corrected chi connectivity index (χ1v) is 13.5. The van der Waals surface area contributed by atoms with E-state index in [1.807, 2.05) is 55.5 Å². The number of nitrogens with zero attached hydrogens (tertiary/aromatic N) is 3. The Bertz CT molecular complexity index is 1540. The highest BCUT2D eigenvalue weighted by molar-refractivity contribution is 7.80. The monoisotopic (exact) mass is 576 g/mol. The zero-order valence-corrected chi connectivity index (χ0v) is 23.9. The maximum absolute atomic E-state index is 11.4. The van der Waals surface area contributed by atoms with E-state index in [4.69, 9.17) is 33.3 Å². The second kappa shape index (κ2) is 11.7. The molecule has 2 N–H and O–H groups in total. The van der Waals surface area contributed by atoms with Gasteiger partial charge in [0.1, 0.15) is 12.4 Å². The van der Waals surface area contributed by atoms with Gasteiger partial charge in [-0.2, -0.15) is 0 Å². The molecule has 0 unspecified atom stereocenters. The summed E-state index contributed by atoms with van der Waals surface area (Å²) in [7, 11) is 1.62. The van der Waals surface area contributed by atoms with Gasteiger partial charge in [-0.05, 0) is 92.3 Å². The van der Waals surface area contributed by atoms with Crippen LogP contribution in [0.25, 0.3) is 5.69 Å². The number of aromatic nitrogens is 2. The lowest BCUT2D eigenvalue weighted by Crippen LogP contribution is -2.29. The first kappa shape index (κ1) is 27.6. The number of aryl methyl sites for hydroxylation is 1. The second-order valence-corrected chi connectivity index (χ2v) is 10.3. The van der Waals surface area contributed by atoms with Gasteiger partial charge < -0.3 is 29.4 Å². The Morgan fingerprint density at radius 2 is 1.82 bits per heavy atom. The highest BCUT2D eigenvalue weighted by atomic mass is 35.5. The number of thiocarbonyl (C=S) groups is 1. The van der Waals surface area contributed by atoms with Crippen molar-refractivity contribution in [1.82, 2.24) is 14.9 Å². The molecule has 0 saturated carbocycles. The number of pyridine rings is 1. The van der Waals surface area contributed by atoms with Crippen molar-refractivity contribution in [3.05, 3.63) is 106 Å². The summed E-state index contributed by atoms with van der Waals surface area (Å²) >= 11 is 12.5. The summed E-state index contributed by atoms with van der Waals surface area (Å²) in [4.78, 5) is 18.1. The third-order valence-electron chi connectivity index (χ3n) is 7.00. The maximum Gasteiger partial charge on any atom is 0.335 e. The predicted molar refractivity (Wildman–Crippen MR) is 159 cm³/mol. The number of ether oxygens (including phenoxy) is 2. The van der Waals surface area contributed by atoms with Crippen LogP contribution in [-0.4, -0.2) is 46.1 Å². The minimum atomic E-state index is -0.957. The molecule has 2 atom stereocenters. The third kappa shape index (κ3) is 5.28. The Morgan fingerprint density at radius 1 is 1.07 bits per heavy atom. The van der Waals surface area contributed by atoms with Crippen molar-refractivity contribution in [3.8, 4) is 11.4 Å². The van der Waals surface area contributed by atoms with Gasteiger partial charge in [0.25, 0.3) is 0 Å². The molecule has 4 aromatic rings. The topological polar surface area (TPSA) is 88.9 Å². The van der Waals surface area contributed by atoms with Crippen LogP contribution < -0.4 is 15.0 Å². The second-order valence-electron chi connectivity index (χ2n) is 9.47. The lowest BCUT2D eigenvalue weighted by Gasteiger charge is -2.28. The lowest BCUT2D eigenvalue weighted by molar-refractivity contribution is 0.0697. The van der Waals surface area contributed by atoms with E-state index < -0.39 is 5.97 Å². The van der Waals surface area contributed by atoms with Gasteiger partial charge in [0.2, 0.25) is 0 Å². The SMILES string of the molecule is COCCOc1ccc(N2C(=S)N[C@H](c3ccccn3)[C@H]2c2cc(C)n(-c3ccc(C(=O)O)cc3)c2C)cc1Cl. The van der Waals surface area contributed by atoms with Crippen LogP contribution >= 0.6 is 23.8 Å². The van der Waals surface area contributed by atoms with Crippen LogP contribution in [0.3, 0.4) is 0 Å². The van der Waals surface area contributed by atoms with Crippen LogP contribution in [0.1, 0.15) is 45.1 Å². The van der Waals surface area contributed by atoms with E-state index in [-0.39, 0.29) is 17.6 Å². The van der Waals surface area contributed by atoms with Crippen molar-refractivity contribution in [2.75, 3.05) is 25.2 Å². The summed E-state index contributed by atoms with van der Waals surface area (Å²) in [5.41, 5.74) is 5.87. The zero-order chi connectivity index (χ0) is 28.4. The number of hydrogen-bond donors (Lipinski definition) is 2. The van der Waals surface area contributed by atoms with E-state index in [0.717, 1.165) is 34.0 Å². The normalized spacial score (nSPS) is 16.7. The Labute approximate surface area is 243 Å². The van der Waals surface area contributed by atoms with Gasteiger partial charge in [-0.15, -0.1) is 0 Å². The average Bonchev–Trinajstić information content (AvgIpc) is 3.44. The number of nitrogens with one attached hydrogen (secondary N) is 1. The predicted octanol–water partition coefficient (Wildman–Crippen LogP) is 6.04. The molecule has 0 aliphatic carbocycles. The molecule has 5 rings (SSSR count).